The summed E-state index contributed by atoms with van der Waals surface area (Å²) in [5.74, 6) is 0.498. The Kier molecular flexibility index (Phi) is 2.39. The molecule has 1 heterocycles. The lowest BCUT2D eigenvalue weighted by Gasteiger charge is -1.93. The van der Waals surface area contributed by atoms with Gasteiger partial charge in [-0.15, -0.1) is 0 Å². The Balaban J connectivity index is 2.78. The van der Waals surface area contributed by atoms with E-state index in [1.807, 2.05) is 0 Å². The summed E-state index contributed by atoms with van der Waals surface area (Å²) in [5.41, 5.74) is 0. The molecule has 0 spiro atoms. The lowest BCUT2D eigenvalue weighted by atomic mass is 10.5. The number of carbonyl (C=O) groups excluding carboxylic acids is 1. The van der Waals surface area contributed by atoms with E-state index in [0.717, 1.165) is 4.47 Å². The molecule has 0 aliphatic rings. The molecule has 0 aromatic carbocycles. The highest BCUT2D eigenvalue weighted by atomic mass is 79.9. The molecule has 0 aliphatic carbocycles. The van der Waals surface area contributed by atoms with Crippen LogP contribution in [0.4, 0.5) is 5.82 Å². The van der Waals surface area contributed by atoms with Crippen LogP contribution in [0.25, 0.3) is 0 Å². The summed E-state index contributed by atoms with van der Waals surface area (Å²) >= 11 is 3.21. The molecular formula is C6H4BrN2O. The van der Waals surface area contributed by atoms with Gasteiger partial charge in [0.25, 0.3) is 0 Å². The van der Waals surface area contributed by atoms with Crippen molar-refractivity contribution < 1.29 is 4.79 Å². The highest BCUT2D eigenvalue weighted by molar-refractivity contribution is 9.10. The van der Waals surface area contributed by atoms with Gasteiger partial charge >= 0.3 is 6.41 Å². The summed E-state index contributed by atoms with van der Waals surface area (Å²) in [6.45, 7) is 0. The van der Waals surface area contributed by atoms with Crippen LogP contribution >= 0.6 is 15.9 Å². The van der Waals surface area contributed by atoms with Gasteiger partial charge in [0.1, 0.15) is 5.82 Å². The average Bonchev–Trinajstić information content (AvgIpc) is 1.95. The van der Waals surface area contributed by atoms with E-state index in [9.17, 15) is 4.79 Å². The van der Waals surface area contributed by atoms with Crippen LogP contribution in [-0.2, 0) is 4.79 Å². The third-order valence-corrected chi connectivity index (χ3v) is 1.38. The molecule has 1 rings (SSSR count). The Labute approximate surface area is 66.6 Å². The van der Waals surface area contributed by atoms with Gasteiger partial charge in [-0.3, -0.25) is 4.79 Å². The van der Waals surface area contributed by atoms with E-state index in [4.69, 9.17) is 0 Å². The fourth-order valence-electron chi connectivity index (χ4n) is 0.502. The van der Waals surface area contributed by atoms with Crippen molar-refractivity contribution in [1.82, 2.24) is 4.98 Å². The Morgan fingerprint density at radius 2 is 2.40 bits per heavy atom. The lowest BCUT2D eigenvalue weighted by molar-refractivity contribution is 0.561. The van der Waals surface area contributed by atoms with E-state index < -0.39 is 0 Å². The second-order valence-electron chi connectivity index (χ2n) is 1.59. The van der Waals surface area contributed by atoms with E-state index in [0.29, 0.717) is 5.82 Å². The minimum absolute atomic E-state index is 0.498. The highest BCUT2D eigenvalue weighted by Gasteiger charge is 1.89. The van der Waals surface area contributed by atoms with E-state index in [1.165, 1.54) is 6.41 Å². The molecule has 0 saturated carbocycles. The Morgan fingerprint density at radius 3 is 2.90 bits per heavy atom. The van der Waals surface area contributed by atoms with Gasteiger partial charge in [-0.25, -0.2) is 4.98 Å². The van der Waals surface area contributed by atoms with Crippen molar-refractivity contribution in [2.45, 2.75) is 0 Å². The molecule has 1 N–H and O–H groups in total. The molecule has 10 heavy (non-hydrogen) atoms. The monoisotopic (exact) mass is 199 g/mol. The third kappa shape index (κ3) is 1.80. The van der Waals surface area contributed by atoms with E-state index >= 15 is 0 Å². The number of amides is 1. The topological polar surface area (TPSA) is 42.0 Å². The number of hydrogen-bond acceptors (Lipinski definition) is 2. The van der Waals surface area contributed by atoms with Gasteiger partial charge in [-0.1, -0.05) is 0 Å². The Morgan fingerprint density at radius 1 is 1.60 bits per heavy atom. The largest absolute Gasteiger partial charge is 0.315 e. The second kappa shape index (κ2) is 3.31. The summed E-state index contributed by atoms with van der Waals surface area (Å²) in [5, 5.41) is 2.30. The molecule has 0 unspecified atom stereocenters. The molecule has 0 bridgehead atoms. The van der Waals surface area contributed by atoms with Crippen LogP contribution < -0.4 is 5.32 Å². The van der Waals surface area contributed by atoms with Gasteiger partial charge in [-0.05, 0) is 28.1 Å². The van der Waals surface area contributed by atoms with Gasteiger partial charge in [-0.2, -0.15) is 0 Å². The molecule has 0 saturated heterocycles. The van der Waals surface area contributed by atoms with Crippen molar-refractivity contribution in [2.75, 3.05) is 5.32 Å². The van der Waals surface area contributed by atoms with E-state index in [-0.39, 0.29) is 0 Å². The van der Waals surface area contributed by atoms with Gasteiger partial charge in [0.2, 0.25) is 0 Å². The summed E-state index contributed by atoms with van der Waals surface area (Å²) in [6, 6.07) is 3.46. The highest BCUT2D eigenvalue weighted by Crippen LogP contribution is 2.09. The molecular weight excluding hydrogens is 196 g/mol. The van der Waals surface area contributed by atoms with Gasteiger partial charge < -0.3 is 5.32 Å². The first-order chi connectivity index (χ1) is 4.83. The number of nitrogens with one attached hydrogen (secondary N) is 1. The predicted octanol–water partition coefficient (Wildman–Crippen LogP) is 1.32. The van der Waals surface area contributed by atoms with Gasteiger partial charge in [0.15, 0.2) is 0 Å². The number of rotatable bonds is 2. The fraction of sp³-hybridized carbons (Fsp3) is 0. The zero-order valence-corrected chi connectivity index (χ0v) is 6.55. The molecule has 0 fully saturated rings. The normalized spacial score (nSPS) is 8.90. The van der Waals surface area contributed by atoms with Crippen molar-refractivity contribution >= 4 is 28.2 Å². The maximum Gasteiger partial charge on any atom is 0.315 e. The van der Waals surface area contributed by atoms with Crippen molar-refractivity contribution in [2.24, 2.45) is 0 Å². The molecule has 51 valence electrons. The summed E-state index contributed by atoms with van der Waals surface area (Å²) in [6.07, 6.45) is 3.12. The number of nitrogens with zero attached hydrogens (tertiary/aromatic N) is 1. The van der Waals surface area contributed by atoms with Crippen molar-refractivity contribution in [1.29, 1.82) is 0 Å². The van der Waals surface area contributed by atoms with Crippen LogP contribution in [0, 0.1) is 0 Å². The molecule has 1 aromatic heterocycles. The molecule has 1 radical (unpaired) electrons. The van der Waals surface area contributed by atoms with Crippen LogP contribution in [0.1, 0.15) is 0 Å². The van der Waals surface area contributed by atoms with Crippen molar-refractivity contribution in [3.05, 3.63) is 22.8 Å². The maximum absolute atomic E-state index is 9.77. The first kappa shape index (κ1) is 7.21. The van der Waals surface area contributed by atoms with Crippen LogP contribution in [0.15, 0.2) is 22.8 Å². The first-order valence-electron chi connectivity index (χ1n) is 2.57. The Bertz CT molecular complexity index is 222. The first-order valence-corrected chi connectivity index (χ1v) is 3.37. The number of anilines is 1. The number of aromatic nitrogens is 1. The standard InChI is InChI=1S/C6H4BrN2O/c7-5-1-2-6(8-3-5)9-4-10/h1-3H,(H,8,9,10). The minimum atomic E-state index is 0.498. The van der Waals surface area contributed by atoms with Crippen LogP contribution in [0.2, 0.25) is 0 Å². The van der Waals surface area contributed by atoms with Gasteiger partial charge in [0.05, 0.1) is 0 Å². The van der Waals surface area contributed by atoms with Crippen LogP contribution in [0.5, 0.6) is 0 Å². The van der Waals surface area contributed by atoms with E-state index in [1.54, 1.807) is 18.3 Å². The molecule has 0 atom stereocenters. The van der Waals surface area contributed by atoms with Gasteiger partial charge in [0, 0.05) is 10.7 Å². The summed E-state index contributed by atoms with van der Waals surface area (Å²) in [4.78, 5) is 13.6. The van der Waals surface area contributed by atoms with Crippen LogP contribution in [-0.4, -0.2) is 11.4 Å². The maximum atomic E-state index is 9.77. The number of hydrogen-bond donors (Lipinski definition) is 1. The fourth-order valence-corrected chi connectivity index (χ4v) is 0.737. The van der Waals surface area contributed by atoms with Crippen LogP contribution in [0.3, 0.4) is 0 Å². The molecule has 4 heteroatoms. The Hall–Kier alpha value is -0.900. The summed E-state index contributed by atoms with van der Waals surface area (Å²) in [7, 11) is 0. The molecule has 1 amide bonds. The SMILES string of the molecule is O=[C]Nc1ccc(Br)cn1. The van der Waals surface area contributed by atoms with E-state index in [2.05, 4.69) is 26.2 Å². The third-order valence-electron chi connectivity index (χ3n) is 0.906. The zero-order chi connectivity index (χ0) is 7.40. The number of halogens is 1. The molecule has 0 aliphatic heterocycles. The zero-order valence-electron chi connectivity index (χ0n) is 4.97. The molecule has 1 aromatic rings. The van der Waals surface area contributed by atoms with Crippen molar-refractivity contribution in [3.8, 4) is 0 Å². The lowest BCUT2D eigenvalue weighted by Crippen LogP contribution is -1.95. The molecule has 3 nitrogen and oxygen atoms in total. The predicted molar refractivity (Wildman–Crippen MR) is 41.3 cm³/mol. The summed E-state index contributed by atoms with van der Waals surface area (Å²) < 4.78 is 0.879. The average molecular weight is 200 g/mol. The second-order valence-corrected chi connectivity index (χ2v) is 2.50. The number of pyridine rings is 1. The minimum Gasteiger partial charge on any atom is -0.302 e. The quantitative estimate of drug-likeness (QED) is 0.731. The smallest absolute Gasteiger partial charge is 0.302 e. The van der Waals surface area contributed by atoms with Crippen molar-refractivity contribution in [3.63, 3.8) is 0 Å².